The van der Waals surface area contributed by atoms with Crippen molar-refractivity contribution in [3.05, 3.63) is 69.7 Å². The maximum absolute atomic E-state index is 13.5. The van der Waals surface area contributed by atoms with Crippen LogP contribution in [-0.2, 0) is 5.54 Å². The van der Waals surface area contributed by atoms with Gasteiger partial charge in [-0.25, -0.2) is 8.78 Å². The average molecular weight is 452 g/mol. The van der Waals surface area contributed by atoms with Crippen LogP contribution in [0.4, 0.5) is 8.78 Å². The van der Waals surface area contributed by atoms with E-state index >= 15 is 0 Å². The molecule has 5 heteroatoms. The molecule has 1 fully saturated rings. The molecular formula is C23H28BrF2NO. The van der Waals surface area contributed by atoms with E-state index in [0.717, 1.165) is 36.2 Å². The fraction of sp³-hybridized carbons (Fsp3) is 0.478. The van der Waals surface area contributed by atoms with Crippen LogP contribution in [0, 0.1) is 11.6 Å². The van der Waals surface area contributed by atoms with E-state index < -0.39 is 17.7 Å². The monoisotopic (exact) mass is 451 g/mol. The number of nitrogens with one attached hydrogen (secondary N) is 1. The summed E-state index contributed by atoms with van der Waals surface area (Å²) >= 11 is 3.56. The number of rotatable bonds is 7. The zero-order valence-electron chi connectivity index (χ0n) is 16.2. The van der Waals surface area contributed by atoms with Gasteiger partial charge >= 0.3 is 0 Å². The Balaban J connectivity index is 1.66. The van der Waals surface area contributed by atoms with Crippen LogP contribution in [0.3, 0.4) is 0 Å². The second-order valence-electron chi connectivity index (χ2n) is 8.03. The molecule has 0 radical (unpaired) electrons. The topological polar surface area (TPSA) is 32.3 Å². The molecule has 2 aromatic rings. The van der Waals surface area contributed by atoms with E-state index in [2.05, 4.69) is 39.4 Å². The van der Waals surface area contributed by atoms with Crippen molar-refractivity contribution in [3.63, 3.8) is 0 Å². The van der Waals surface area contributed by atoms with Crippen molar-refractivity contribution in [2.45, 2.75) is 63.0 Å². The molecule has 28 heavy (non-hydrogen) atoms. The highest BCUT2D eigenvalue weighted by molar-refractivity contribution is 9.10. The summed E-state index contributed by atoms with van der Waals surface area (Å²) in [5.74, 6) is -1.29. The number of aliphatic hydroxyl groups is 1. The molecule has 0 aromatic heterocycles. The highest BCUT2D eigenvalue weighted by Gasteiger charge is 2.34. The van der Waals surface area contributed by atoms with Crippen molar-refractivity contribution in [1.29, 1.82) is 0 Å². The summed E-state index contributed by atoms with van der Waals surface area (Å²) in [6.07, 6.45) is 5.50. The molecule has 152 valence electrons. The van der Waals surface area contributed by atoms with Crippen LogP contribution < -0.4 is 5.32 Å². The van der Waals surface area contributed by atoms with Crippen LogP contribution in [0.2, 0.25) is 0 Å². The van der Waals surface area contributed by atoms with E-state index in [1.165, 1.54) is 24.1 Å². The van der Waals surface area contributed by atoms with E-state index in [1.54, 1.807) is 0 Å². The van der Waals surface area contributed by atoms with Gasteiger partial charge in [0.1, 0.15) is 11.6 Å². The van der Waals surface area contributed by atoms with Crippen molar-refractivity contribution in [2.24, 2.45) is 0 Å². The highest BCUT2D eigenvalue weighted by atomic mass is 79.9. The third kappa shape index (κ3) is 5.40. The standard InChI is InChI=1S/C23H28BrF2NO/c1-16(17-11-20(25)14-21(26)12-17)10-22(28)15-27-23(8-3-2-4-9-23)18-6-5-7-19(24)13-18/h5-7,11-14,16,22,27-28H,2-4,8-10,15H2,1H3. The fourth-order valence-electron chi connectivity index (χ4n) is 4.31. The van der Waals surface area contributed by atoms with Crippen LogP contribution in [0.25, 0.3) is 0 Å². The van der Waals surface area contributed by atoms with Crippen LogP contribution in [0.15, 0.2) is 46.9 Å². The van der Waals surface area contributed by atoms with Crippen molar-refractivity contribution >= 4 is 15.9 Å². The van der Waals surface area contributed by atoms with Gasteiger partial charge in [-0.05, 0) is 60.6 Å². The molecule has 3 rings (SSSR count). The molecule has 0 bridgehead atoms. The predicted octanol–water partition coefficient (Wildman–Crippen LogP) is 6.03. The molecule has 2 atom stereocenters. The van der Waals surface area contributed by atoms with Gasteiger partial charge in [-0.15, -0.1) is 0 Å². The third-order valence-corrected chi connectivity index (χ3v) is 6.33. The zero-order chi connectivity index (χ0) is 20.1. The van der Waals surface area contributed by atoms with Crippen LogP contribution >= 0.6 is 15.9 Å². The largest absolute Gasteiger partial charge is 0.392 e. The lowest BCUT2D eigenvalue weighted by Gasteiger charge is -2.40. The molecule has 0 amide bonds. The Kier molecular flexibility index (Phi) is 7.24. The van der Waals surface area contributed by atoms with Gasteiger partial charge in [0.05, 0.1) is 6.10 Å². The summed E-state index contributed by atoms with van der Waals surface area (Å²) < 4.78 is 28.0. The van der Waals surface area contributed by atoms with Crippen LogP contribution in [-0.4, -0.2) is 17.8 Å². The first-order chi connectivity index (χ1) is 13.4. The molecule has 0 saturated heterocycles. The first kappa shape index (κ1) is 21.4. The molecule has 2 aromatic carbocycles. The normalized spacial score (nSPS) is 18.6. The summed E-state index contributed by atoms with van der Waals surface area (Å²) in [5, 5.41) is 14.2. The first-order valence-corrected chi connectivity index (χ1v) is 10.8. The van der Waals surface area contributed by atoms with E-state index in [0.29, 0.717) is 18.5 Å². The summed E-state index contributed by atoms with van der Waals surface area (Å²) in [6.45, 7) is 2.34. The third-order valence-electron chi connectivity index (χ3n) is 5.84. The number of hydrogen-bond acceptors (Lipinski definition) is 2. The van der Waals surface area contributed by atoms with E-state index in [1.807, 2.05) is 13.0 Å². The van der Waals surface area contributed by atoms with Gasteiger partial charge in [-0.3, -0.25) is 0 Å². The Labute approximate surface area is 174 Å². The van der Waals surface area contributed by atoms with Gasteiger partial charge < -0.3 is 10.4 Å². The van der Waals surface area contributed by atoms with Gasteiger partial charge in [-0.1, -0.05) is 54.2 Å². The molecule has 2 N–H and O–H groups in total. The van der Waals surface area contributed by atoms with Gasteiger partial charge in [0.25, 0.3) is 0 Å². The molecule has 0 spiro atoms. The van der Waals surface area contributed by atoms with Gasteiger partial charge in [0, 0.05) is 22.6 Å². The lowest BCUT2D eigenvalue weighted by atomic mass is 9.76. The Bertz CT molecular complexity index is 772. The molecule has 0 aliphatic heterocycles. The van der Waals surface area contributed by atoms with Crippen LogP contribution in [0.5, 0.6) is 0 Å². The quantitative estimate of drug-likeness (QED) is 0.538. The summed E-state index contributed by atoms with van der Waals surface area (Å²) in [6, 6.07) is 11.9. The smallest absolute Gasteiger partial charge is 0.126 e. The van der Waals surface area contributed by atoms with Crippen molar-refractivity contribution in [2.75, 3.05) is 6.54 Å². The molecule has 1 aliphatic carbocycles. The maximum Gasteiger partial charge on any atom is 0.126 e. The lowest BCUT2D eigenvalue weighted by Crippen LogP contribution is -2.47. The van der Waals surface area contributed by atoms with E-state index in [-0.39, 0.29) is 11.5 Å². The average Bonchev–Trinajstić information content (AvgIpc) is 2.66. The Morgan fingerprint density at radius 2 is 1.75 bits per heavy atom. The van der Waals surface area contributed by atoms with Crippen molar-refractivity contribution in [1.82, 2.24) is 5.32 Å². The lowest BCUT2D eigenvalue weighted by molar-refractivity contribution is 0.126. The minimum Gasteiger partial charge on any atom is -0.392 e. The minimum absolute atomic E-state index is 0.128. The first-order valence-electron chi connectivity index (χ1n) is 10.0. The number of benzene rings is 2. The summed E-state index contributed by atoms with van der Waals surface area (Å²) in [5.41, 5.74) is 1.70. The van der Waals surface area contributed by atoms with Gasteiger partial charge in [-0.2, -0.15) is 0 Å². The minimum atomic E-state index is -0.590. The number of halogens is 3. The Morgan fingerprint density at radius 3 is 2.39 bits per heavy atom. The van der Waals surface area contributed by atoms with E-state index in [9.17, 15) is 13.9 Å². The molecule has 1 saturated carbocycles. The molecule has 2 unspecified atom stereocenters. The second kappa shape index (κ2) is 9.47. The number of hydrogen-bond donors (Lipinski definition) is 2. The molecule has 0 heterocycles. The Hall–Kier alpha value is -1.30. The van der Waals surface area contributed by atoms with Crippen molar-refractivity contribution < 1.29 is 13.9 Å². The van der Waals surface area contributed by atoms with Crippen molar-refractivity contribution in [3.8, 4) is 0 Å². The van der Waals surface area contributed by atoms with Gasteiger partial charge in [0.2, 0.25) is 0 Å². The highest BCUT2D eigenvalue weighted by Crippen LogP contribution is 2.38. The summed E-state index contributed by atoms with van der Waals surface area (Å²) in [4.78, 5) is 0. The van der Waals surface area contributed by atoms with E-state index in [4.69, 9.17) is 0 Å². The molecule has 2 nitrogen and oxygen atoms in total. The number of aliphatic hydroxyl groups excluding tert-OH is 1. The van der Waals surface area contributed by atoms with Gasteiger partial charge in [0.15, 0.2) is 0 Å². The molecule has 1 aliphatic rings. The Morgan fingerprint density at radius 1 is 1.07 bits per heavy atom. The SMILES string of the molecule is CC(CC(O)CNC1(c2cccc(Br)c2)CCCCC1)c1cc(F)cc(F)c1. The fourth-order valence-corrected chi connectivity index (χ4v) is 4.71. The zero-order valence-corrected chi connectivity index (χ0v) is 17.8. The van der Waals surface area contributed by atoms with Crippen LogP contribution in [0.1, 0.15) is 62.5 Å². The summed E-state index contributed by atoms with van der Waals surface area (Å²) in [7, 11) is 0. The molecular weight excluding hydrogens is 424 g/mol. The predicted molar refractivity (Wildman–Crippen MR) is 112 cm³/mol. The second-order valence-corrected chi connectivity index (χ2v) is 8.94. The maximum atomic E-state index is 13.5.